The number of hydrogen-bond donors (Lipinski definition) is 1. The van der Waals surface area contributed by atoms with Gasteiger partial charge < -0.3 is 1.43 Å². The second-order valence-electron chi connectivity index (χ2n) is 2.21. The maximum absolute atomic E-state index is 10.4. The van der Waals surface area contributed by atoms with Crippen LogP contribution in [0.1, 0.15) is 6.99 Å². The first-order valence-corrected chi connectivity index (χ1v) is 4.68. The summed E-state index contributed by atoms with van der Waals surface area (Å²) in [5, 5.41) is 0. The standard InChI is InChI=1S/C7H8O3S.Na.H/c8-11(9,10)6-7-4-2-1-3-5-7;;/h1-5H,6H2,(H,8,9,10);;/q;+1;-1. The van der Waals surface area contributed by atoms with Gasteiger partial charge in [-0.25, -0.2) is 0 Å². The average molecular weight is 196 g/mol. The SMILES string of the molecule is O=S(=O)(O)Cc1ccccc1.[H-].[Na+]. The van der Waals surface area contributed by atoms with Crippen LogP contribution in [0.15, 0.2) is 30.3 Å². The molecule has 0 fully saturated rings. The predicted octanol–water partition coefficient (Wildman–Crippen LogP) is -1.81. The molecule has 0 heterocycles. The molecule has 0 atom stereocenters. The van der Waals surface area contributed by atoms with E-state index in [0.717, 1.165) is 0 Å². The normalized spacial score (nSPS) is 10.4. The molecular weight excluding hydrogens is 187 g/mol. The Morgan fingerprint density at radius 1 is 1.25 bits per heavy atom. The molecule has 0 bridgehead atoms. The minimum Gasteiger partial charge on any atom is -1.00 e. The van der Waals surface area contributed by atoms with Gasteiger partial charge >= 0.3 is 29.6 Å². The Labute approximate surface area is 95.3 Å². The van der Waals surface area contributed by atoms with Gasteiger partial charge in [0.25, 0.3) is 10.1 Å². The summed E-state index contributed by atoms with van der Waals surface area (Å²) in [4.78, 5) is 0. The van der Waals surface area contributed by atoms with Crippen molar-refractivity contribution in [3.05, 3.63) is 35.9 Å². The number of rotatable bonds is 2. The maximum atomic E-state index is 10.4. The summed E-state index contributed by atoms with van der Waals surface area (Å²) in [6.07, 6.45) is 0. The first kappa shape index (κ1) is 12.1. The van der Waals surface area contributed by atoms with E-state index in [1.807, 2.05) is 0 Å². The van der Waals surface area contributed by atoms with Gasteiger partial charge in [-0.1, -0.05) is 30.3 Å². The Bertz CT molecular complexity index is 325. The van der Waals surface area contributed by atoms with Crippen LogP contribution in [-0.2, 0) is 15.9 Å². The van der Waals surface area contributed by atoms with E-state index in [1.54, 1.807) is 30.3 Å². The molecule has 0 aliphatic rings. The van der Waals surface area contributed by atoms with E-state index in [-0.39, 0.29) is 36.7 Å². The van der Waals surface area contributed by atoms with E-state index in [0.29, 0.717) is 5.56 Å². The Balaban J connectivity index is 0. The molecule has 0 aliphatic carbocycles. The monoisotopic (exact) mass is 196 g/mol. The van der Waals surface area contributed by atoms with Gasteiger partial charge in [0, 0.05) is 0 Å². The summed E-state index contributed by atoms with van der Waals surface area (Å²) in [7, 11) is -3.88. The van der Waals surface area contributed by atoms with Gasteiger partial charge in [-0.05, 0) is 5.56 Å². The summed E-state index contributed by atoms with van der Waals surface area (Å²) in [5.74, 6) is -0.312. The van der Waals surface area contributed by atoms with Gasteiger partial charge in [0.05, 0.1) is 0 Å². The molecule has 1 rings (SSSR count). The quantitative estimate of drug-likeness (QED) is 0.448. The van der Waals surface area contributed by atoms with Crippen molar-refractivity contribution in [3.63, 3.8) is 0 Å². The van der Waals surface area contributed by atoms with Gasteiger partial charge in [0.1, 0.15) is 5.75 Å². The molecule has 12 heavy (non-hydrogen) atoms. The van der Waals surface area contributed by atoms with E-state index in [2.05, 4.69) is 0 Å². The van der Waals surface area contributed by atoms with Gasteiger partial charge in [-0.3, -0.25) is 4.55 Å². The first-order chi connectivity index (χ1) is 5.08. The molecule has 0 saturated carbocycles. The van der Waals surface area contributed by atoms with Crippen LogP contribution in [-0.4, -0.2) is 13.0 Å². The van der Waals surface area contributed by atoms with E-state index in [4.69, 9.17) is 4.55 Å². The Morgan fingerprint density at radius 3 is 2.17 bits per heavy atom. The van der Waals surface area contributed by atoms with E-state index >= 15 is 0 Å². The Kier molecular flexibility index (Phi) is 5.04. The number of benzene rings is 1. The molecule has 0 saturated heterocycles. The Hall–Kier alpha value is 0.130. The largest absolute Gasteiger partial charge is 1.00 e. The summed E-state index contributed by atoms with van der Waals surface area (Å²) >= 11 is 0. The third kappa shape index (κ3) is 4.90. The van der Waals surface area contributed by atoms with Crippen LogP contribution in [0.4, 0.5) is 0 Å². The molecule has 0 spiro atoms. The second kappa shape index (κ2) is 4.99. The van der Waals surface area contributed by atoms with Crippen molar-refractivity contribution in [2.45, 2.75) is 5.75 Å². The molecule has 0 unspecified atom stereocenters. The minimum atomic E-state index is -3.88. The van der Waals surface area contributed by atoms with Crippen molar-refractivity contribution >= 4 is 10.1 Å². The third-order valence-electron chi connectivity index (χ3n) is 1.19. The zero-order chi connectivity index (χ0) is 8.32. The van der Waals surface area contributed by atoms with Crippen LogP contribution in [0.3, 0.4) is 0 Å². The topological polar surface area (TPSA) is 54.4 Å². The Morgan fingerprint density at radius 2 is 1.75 bits per heavy atom. The fourth-order valence-corrected chi connectivity index (χ4v) is 1.40. The first-order valence-electron chi connectivity index (χ1n) is 3.07. The van der Waals surface area contributed by atoms with Crippen molar-refractivity contribution < 1.29 is 44.0 Å². The summed E-state index contributed by atoms with van der Waals surface area (Å²) < 4.78 is 29.2. The van der Waals surface area contributed by atoms with Crippen LogP contribution in [0.5, 0.6) is 0 Å². The van der Waals surface area contributed by atoms with Crippen LogP contribution in [0.2, 0.25) is 0 Å². The zero-order valence-electron chi connectivity index (χ0n) is 7.77. The average Bonchev–Trinajstić information content (AvgIpc) is 1.85. The molecule has 1 N–H and O–H groups in total. The molecule has 0 radical (unpaired) electrons. The van der Waals surface area contributed by atoms with Crippen LogP contribution in [0, 0.1) is 0 Å². The molecule has 62 valence electrons. The van der Waals surface area contributed by atoms with Crippen LogP contribution >= 0.6 is 0 Å². The van der Waals surface area contributed by atoms with Crippen molar-refractivity contribution in [1.82, 2.24) is 0 Å². The van der Waals surface area contributed by atoms with Crippen LogP contribution < -0.4 is 29.6 Å². The molecule has 1 aromatic rings. The maximum Gasteiger partial charge on any atom is 1.00 e. The molecule has 0 amide bonds. The van der Waals surface area contributed by atoms with E-state index < -0.39 is 10.1 Å². The van der Waals surface area contributed by atoms with Gasteiger partial charge in [0.2, 0.25) is 0 Å². The molecule has 0 aromatic heterocycles. The van der Waals surface area contributed by atoms with Crippen molar-refractivity contribution in [3.8, 4) is 0 Å². The summed E-state index contributed by atoms with van der Waals surface area (Å²) in [6.45, 7) is 0. The van der Waals surface area contributed by atoms with Gasteiger partial charge in [-0.2, -0.15) is 8.42 Å². The van der Waals surface area contributed by atoms with E-state index in [9.17, 15) is 8.42 Å². The predicted molar refractivity (Wildman–Crippen MR) is 42.8 cm³/mol. The van der Waals surface area contributed by atoms with Crippen molar-refractivity contribution in [2.75, 3.05) is 0 Å². The van der Waals surface area contributed by atoms with Gasteiger partial charge in [-0.15, -0.1) is 0 Å². The zero-order valence-corrected chi connectivity index (χ0v) is 9.58. The molecule has 5 heteroatoms. The third-order valence-corrected chi connectivity index (χ3v) is 1.89. The second-order valence-corrected chi connectivity index (χ2v) is 3.66. The van der Waals surface area contributed by atoms with Gasteiger partial charge in [0.15, 0.2) is 0 Å². The smallest absolute Gasteiger partial charge is 1.00 e. The van der Waals surface area contributed by atoms with E-state index in [1.165, 1.54) is 0 Å². The summed E-state index contributed by atoms with van der Waals surface area (Å²) in [5.41, 5.74) is 0.593. The molecule has 1 aromatic carbocycles. The van der Waals surface area contributed by atoms with Crippen molar-refractivity contribution in [1.29, 1.82) is 0 Å². The minimum absolute atomic E-state index is 0. The molecule has 0 aliphatic heterocycles. The molecular formula is C7H9NaO3S. The fraction of sp³-hybridized carbons (Fsp3) is 0.143. The summed E-state index contributed by atoms with van der Waals surface area (Å²) in [6, 6.07) is 8.52. The molecule has 3 nitrogen and oxygen atoms in total. The fourth-order valence-electron chi connectivity index (χ4n) is 0.785. The number of hydrogen-bond acceptors (Lipinski definition) is 2. The van der Waals surface area contributed by atoms with Crippen molar-refractivity contribution in [2.24, 2.45) is 0 Å². The van der Waals surface area contributed by atoms with Crippen LogP contribution in [0.25, 0.3) is 0 Å².